The van der Waals surface area contributed by atoms with E-state index in [0.29, 0.717) is 0 Å². The van der Waals surface area contributed by atoms with Gasteiger partial charge in [-0.1, -0.05) is 0 Å². The number of nitrogens with zero attached hydrogens (tertiary/aromatic N) is 2. The molecule has 0 aromatic rings. The van der Waals surface area contributed by atoms with Gasteiger partial charge in [-0.05, 0) is 0 Å². The van der Waals surface area contributed by atoms with Gasteiger partial charge in [0.15, 0.2) is 0 Å². The van der Waals surface area contributed by atoms with Crippen LogP contribution < -0.4 is 60.9 Å². The summed E-state index contributed by atoms with van der Waals surface area (Å²) in [7, 11) is -4.94. The van der Waals surface area contributed by atoms with Crippen molar-refractivity contribution in [2.24, 2.45) is 16.5 Å². The molecule has 0 fully saturated rings. The van der Waals surface area contributed by atoms with E-state index in [4.69, 9.17) is 35.4 Å². The molecule has 0 saturated heterocycles. The zero-order valence-corrected chi connectivity index (χ0v) is 10.7. The molecule has 0 bridgehead atoms. The number of hydrogen-bond acceptors (Lipinski definition) is 11. The van der Waals surface area contributed by atoms with Crippen LogP contribution in [0, 0.1) is 21.7 Å². The molecule has 0 unspecified atom stereocenters. The molecule has 0 aromatic carbocycles. The predicted molar refractivity (Wildman–Crippen MR) is 46.5 cm³/mol. The van der Waals surface area contributed by atoms with Gasteiger partial charge in [-0.15, -0.1) is 15.2 Å². The Hall–Kier alpha value is -0.804. The third-order valence-electron chi connectivity index (χ3n) is 0.179. The zero-order chi connectivity index (χ0) is 9.49. The number of rotatable bonds is 0. The first-order valence-corrected chi connectivity index (χ1v) is 3.10. The average Bonchev–Trinajstić information content (AvgIpc) is 1.58. The Morgan fingerprint density at radius 1 is 0.941 bits per heavy atom. The van der Waals surface area contributed by atoms with Crippen molar-refractivity contribution in [3.05, 3.63) is 0 Å². The minimum Gasteiger partial charge on any atom is -0.369 e. The monoisotopic (exact) mass is 327 g/mol. The van der Waals surface area contributed by atoms with Crippen molar-refractivity contribution in [2.75, 3.05) is 0 Å². The Balaban J connectivity index is -0.0000000118. The van der Waals surface area contributed by atoms with Crippen molar-refractivity contribution in [3.8, 4) is 6.19 Å². The topological polar surface area (TPSA) is 355 Å². The van der Waals surface area contributed by atoms with Crippen LogP contribution in [0.2, 0.25) is 0 Å². The quantitative estimate of drug-likeness (QED) is 0.124. The molecule has 0 spiro atoms. The fraction of sp³-hybridized carbons (Fsp3) is 0. The minimum atomic E-state index is -4.94. The van der Waals surface area contributed by atoms with Crippen LogP contribution in [0.1, 0.15) is 0 Å². The molecule has 0 heterocycles. The van der Waals surface area contributed by atoms with Gasteiger partial charge in [0, 0.05) is 0 Å². The fourth-order valence-corrected chi connectivity index (χ4v) is 0.0577. The Morgan fingerprint density at radius 3 is 1.12 bits per heavy atom. The number of aliphatic imine (C=N–C) groups is 1. The molecule has 0 aliphatic rings. The van der Waals surface area contributed by atoms with E-state index in [1.807, 2.05) is 0 Å². The number of nitrogens with two attached hydrogens (primary N) is 2. The third kappa shape index (κ3) is 549. The maximum atomic E-state index is 8.49. The summed E-state index contributed by atoms with van der Waals surface area (Å²) in [5, 5.41) is 7.64. The van der Waals surface area contributed by atoms with Crippen LogP contribution in [-0.2, 0) is 16.8 Å². The molecule has 13 nitrogen and oxygen atoms in total. The summed E-state index contributed by atoms with van der Waals surface area (Å²) in [6.07, 6.45) is 1.41. The molecule has 17 heavy (non-hydrogen) atoms. The van der Waals surface area contributed by atoms with E-state index in [-0.39, 0.29) is 53.5 Å². The van der Waals surface area contributed by atoms with E-state index in [0.717, 1.165) is 0 Å². The van der Waals surface area contributed by atoms with Gasteiger partial charge in [0.1, 0.15) is 0 Å². The molecule has 0 radical (unpaired) electrons. The van der Waals surface area contributed by atoms with Crippen molar-refractivity contribution in [1.82, 2.24) is 30.8 Å². The van der Waals surface area contributed by atoms with Gasteiger partial charge in [-0.25, -0.2) is 18.6 Å². The smallest absolute Gasteiger partial charge is 0.369 e. The van der Waals surface area contributed by atoms with Gasteiger partial charge in [-0.3, -0.25) is 0 Å². The second-order valence-corrected chi connectivity index (χ2v) is 1.77. The second-order valence-electron chi connectivity index (χ2n) is 1.01. The Bertz CT molecular complexity index is 169. The fourth-order valence-electron chi connectivity index (χ4n) is 0.0577. The standard InChI is InChI=1S/C2H4N4.ClHO4.Co.5H3N/c3-1-6-2(4)5;2-1(3,4)5;;;;;;/h(H4,4,5,6);(H,2,3,4,5);;5*1H3/q;;+3;;;;;/p-1. The minimum absolute atomic E-state index is 0. The molecule has 0 rings (SSSR count). The van der Waals surface area contributed by atoms with E-state index in [1.54, 1.807) is 0 Å². The Labute approximate surface area is 111 Å². The first-order chi connectivity index (χ1) is 4.77. The van der Waals surface area contributed by atoms with Crippen LogP contribution >= 0.6 is 0 Å². The van der Waals surface area contributed by atoms with E-state index >= 15 is 0 Å². The molecule has 0 atom stereocenters. The summed E-state index contributed by atoms with van der Waals surface area (Å²) < 4.78 is 34.0. The maximum absolute atomic E-state index is 8.49. The Kier molecular flexibility index (Phi) is 96.5. The molecular formula is C2H19ClCoN9O4+2. The van der Waals surface area contributed by atoms with Crippen molar-refractivity contribution in [1.29, 1.82) is 5.26 Å². The first-order valence-electron chi connectivity index (χ1n) is 1.87. The summed E-state index contributed by atoms with van der Waals surface area (Å²) in [5.41, 5.74) is 9.42. The van der Waals surface area contributed by atoms with Crippen LogP contribution in [0.5, 0.6) is 0 Å². The zero-order valence-electron chi connectivity index (χ0n) is 8.93. The van der Waals surface area contributed by atoms with E-state index < -0.39 is 10.2 Å². The largest absolute Gasteiger partial charge is 3.00 e. The van der Waals surface area contributed by atoms with Gasteiger partial charge in [-0.2, -0.15) is 5.26 Å². The summed E-state index contributed by atoms with van der Waals surface area (Å²) >= 11 is 0. The van der Waals surface area contributed by atoms with Crippen LogP contribution in [0.4, 0.5) is 0 Å². The molecule has 19 N–H and O–H groups in total. The van der Waals surface area contributed by atoms with E-state index in [1.165, 1.54) is 6.19 Å². The van der Waals surface area contributed by atoms with Crippen LogP contribution in [0.25, 0.3) is 0 Å². The number of halogens is 1. The third-order valence-corrected chi connectivity index (χ3v) is 0.179. The number of nitriles is 1. The van der Waals surface area contributed by atoms with E-state index in [2.05, 4.69) is 4.99 Å². The summed E-state index contributed by atoms with van der Waals surface area (Å²) in [6.45, 7) is 0. The maximum Gasteiger partial charge on any atom is 3.00 e. The van der Waals surface area contributed by atoms with Gasteiger partial charge in [0.25, 0.3) is 0 Å². The Morgan fingerprint density at radius 2 is 1.12 bits per heavy atom. The van der Waals surface area contributed by atoms with Gasteiger partial charge in [0.2, 0.25) is 12.2 Å². The summed E-state index contributed by atoms with van der Waals surface area (Å²) in [4.78, 5) is 2.90. The van der Waals surface area contributed by atoms with Gasteiger partial charge < -0.3 is 42.2 Å². The van der Waals surface area contributed by atoms with Crippen LogP contribution in [0.3, 0.4) is 0 Å². The second kappa shape index (κ2) is 29.5. The van der Waals surface area contributed by atoms with Crippen molar-refractivity contribution < 1.29 is 45.7 Å². The molecule has 0 aliphatic carbocycles. The number of guanidine groups is 1. The molecule has 0 saturated carbocycles. The van der Waals surface area contributed by atoms with Gasteiger partial charge >= 0.3 is 16.8 Å². The molecular weight excluding hydrogens is 308 g/mol. The molecule has 15 heteroatoms. The average molecular weight is 328 g/mol. The summed E-state index contributed by atoms with van der Waals surface area (Å²) in [5.74, 6) is -0.197. The molecule has 110 valence electrons. The SMILES string of the molecule is N.N.N.N.N.N#CN=C(N)N.[Co+3].[O-][Cl+3]([O-])([O-])[O-]. The van der Waals surface area contributed by atoms with Crippen LogP contribution in [-0.4, -0.2) is 5.96 Å². The van der Waals surface area contributed by atoms with Crippen molar-refractivity contribution in [3.63, 3.8) is 0 Å². The first kappa shape index (κ1) is 55.7. The molecule has 0 amide bonds. The predicted octanol–water partition coefficient (Wildman–Crippen LogP) is -5.21. The van der Waals surface area contributed by atoms with Crippen molar-refractivity contribution >= 4 is 5.96 Å². The van der Waals surface area contributed by atoms with E-state index in [9.17, 15) is 0 Å². The summed E-state index contributed by atoms with van der Waals surface area (Å²) in [6, 6.07) is 0. The van der Waals surface area contributed by atoms with Crippen LogP contribution in [0.15, 0.2) is 4.99 Å². The normalized spacial score (nSPS) is 5.59. The van der Waals surface area contributed by atoms with Crippen molar-refractivity contribution in [2.45, 2.75) is 0 Å². The molecule has 0 aromatic heterocycles. The van der Waals surface area contributed by atoms with Gasteiger partial charge in [0.05, 0.1) is 0 Å². The molecule has 0 aliphatic heterocycles. The number of hydrogen-bond donors (Lipinski definition) is 7.